The summed E-state index contributed by atoms with van der Waals surface area (Å²) in [5.41, 5.74) is -0.175. The van der Waals surface area contributed by atoms with Gasteiger partial charge in [-0.1, -0.05) is 5.16 Å². The van der Waals surface area contributed by atoms with E-state index in [0.29, 0.717) is 0 Å². The zero-order valence-corrected chi connectivity index (χ0v) is 6.40. The number of aromatic carboxylic acids is 1. The van der Waals surface area contributed by atoms with E-state index in [9.17, 15) is 9.59 Å². The molecule has 0 fully saturated rings. The van der Waals surface area contributed by atoms with Crippen LogP contribution < -0.4 is 0 Å². The highest BCUT2D eigenvalue weighted by Crippen LogP contribution is 2.04. The van der Waals surface area contributed by atoms with E-state index in [0.717, 1.165) is 0 Å². The van der Waals surface area contributed by atoms with Gasteiger partial charge in [0.25, 0.3) is 0 Å². The molecule has 5 nitrogen and oxygen atoms in total. The van der Waals surface area contributed by atoms with Crippen LogP contribution in [-0.4, -0.2) is 22.0 Å². The van der Waals surface area contributed by atoms with Gasteiger partial charge in [-0.25, -0.2) is 4.79 Å². The van der Waals surface area contributed by atoms with E-state index in [1.54, 1.807) is 0 Å². The molecule has 0 radical (unpaired) electrons. The Morgan fingerprint density at radius 1 is 1.67 bits per heavy atom. The van der Waals surface area contributed by atoms with Crippen molar-refractivity contribution in [2.45, 2.75) is 13.3 Å². The molecule has 0 atom stereocenters. The molecule has 0 saturated heterocycles. The summed E-state index contributed by atoms with van der Waals surface area (Å²) in [5, 5.41) is 11.7. The third-order valence-corrected chi connectivity index (χ3v) is 1.20. The minimum Gasteiger partial charge on any atom is -0.476 e. The van der Waals surface area contributed by atoms with Gasteiger partial charge in [-0.2, -0.15) is 0 Å². The van der Waals surface area contributed by atoms with E-state index in [2.05, 4.69) is 9.68 Å². The minimum absolute atomic E-state index is 0.0836. The third kappa shape index (κ3) is 1.91. The fraction of sp³-hybridized carbons (Fsp3) is 0.286. The second-order valence-electron chi connectivity index (χ2n) is 2.36. The maximum absolute atomic E-state index is 10.6. The molecule has 0 unspecified atom stereocenters. The van der Waals surface area contributed by atoms with Gasteiger partial charge in [-0.15, -0.1) is 0 Å². The summed E-state index contributed by atoms with van der Waals surface area (Å²) in [6.45, 7) is 1.39. The Labute approximate surface area is 68.0 Å². The van der Waals surface area contributed by atoms with Crippen molar-refractivity contribution in [2.75, 3.05) is 0 Å². The van der Waals surface area contributed by atoms with Crippen molar-refractivity contribution in [3.8, 4) is 0 Å². The summed E-state index contributed by atoms with van der Waals surface area (Å²) in [4.78, 5) is 20.8. The van der Waals surface area contributed by atoms with Crippen molar-refractivity contribution >= 4 is 11.8 Å². The molecule has 12 heavy (non-hydrogen) atoms. The van der Waals surface area contributed by atoms with E-state index in [1.165, 1.54) is 13.0 Å². The van der Waals surface area contributed by atoms with E-state index in [1.807, 2.05) is 0 Å². The predicted octanol–water partition coefficient (Wildman–Crippen LogP) is 0.504. The predicted molar refractivity (Wildman–Crippen MR) is 37.8 cm³/mol. The Hall–Kier alpha value is -1.65. The molecule has 5 heteroatoms. The highest BCUT2D eigenvalue weighted by atomic mass is 16.5. The first-order chi connectivity index (χ1) is 5.59. The van der Waals surface area contributed by atoms with E-state index < -0.39 is 5.97 Å². The van der Waals surface area contributed by atoms with Crippen molar-refractivity contribution < 1.29 is 19.2 Å². The number of Topliss-reactive ketones (excluding diaryl/α,β-unsaturated/α-hetero) is 1. The summed E-state index contributed by atoms with van der Waals surface area (Å²) in [6, 6.07) is 1.24. The molecule has 0 aliphatic rings. The SMILES string of the molecule is CC(=O)Cc1cc(C(=O)O)no1. The van der Waals surface area contributed by atoms with E-state index >= 15 is 0 Å². The Bertz CT molecular complexity index is 315. The molecular formula is C7H7NO4. The second-order valence-corrected chi connectivity index (χ2v) is 2.36. The lowest BCUT2D eigenvalue weighted by molar-refractivity contribution is -0.116. The first-order valence-corrected chi connectivity index (χ1v) is 3.28. The number of carboxylic acid groups (broad SMARTS) is 1. The number of carbonyl (C=O) groups excluding carboxylic acids is 1. The number of carboxylic acids is 1. The van der Waals surface area contributed by atoms with Crippen LogP contribution in [0.5, 0.6) is 0 Å². The average Bonchev–Trinajstić information content (AvgIpc) is 2.34. The van der Waals surface area contributed by atoms with Crippen LogP contribution in [0.4, 0.5) is 0 Å². The first kappa shape index (κ1) is 8.45. The molecule has 1 heterocycles. The van der Waals surface area contributed by atoms with Crippen LogP contribution in [0.15, 0.2) is 10.6 Å². The molecule has 0 aromatic carbocycles. The molecule has 0 aliphatic heterocycles. The molecule has 0 aliphatic carbocycles. The number of aromatic nitrogens is 1. The van der Waals surface area contributed by atoms with Crippen molar-refractivity contribution in [2.24, 2.45) is 0 Å². The van der Waals surface area contributed by atoms with Gasteiger partial charge in [0.1, 0.15) is 11.5 Å². The van der Waals surface area contributed by atoms with Gasteiger partial charge >= 0.3 is 5.97 Å². The highest BCUT2D eigenvalue weighted by molar-refractivity contribution is 5.85. The maximum Gasteiger partial charge on any atom is 0.358 e. The molecule has 1 rings (SSSR count). The molecule has 1 aromatic heterocycles. The topological polar surface area (TPSA) is 80.4 Å². The standard InChI is InChI=1S/C7H7NO4/c1-4(9)2-5-3-6(7(10)11)8-12-5/h3H,2H2,1H3,(H,10,11). The second kappa shape index (κ2) is 3.17. The number of carbonyl (C=O) groups is 2. The van der Waals surface area contributed by atoms with Gasteiger partial charge in [0.15, 0.2) is 5.69 Å². The zero-order valence-electron chi connectivity index (χ0n) is 6.40. The van der Waals surface area contributed by atoms with Gasteiger partial charge in [0, 0.05) is 6.07 Å². The normalized spacial score (nSPS) is 9.75. The summed E-state index contributed by atoms with van der Waals surface area (Å²) >= 11 is 0. The quantitative estimate of drug-likeness (QED) is 0.712. The lowest BCUT2D eigenvalue weighted by atomic mass is 10.2. The Morgan fingerprint density at radius 2 is 2.33 bits per heavy atom. The van der Waals surface area contributed by atoms with Gasteiger partial charge in [0.05, 0.1) is 6.42 Å². The molecular weight excluding hydrogens is 162 g/mol. The van der Waals surface area contributed by atoms with Gasteiger partial charge in [-0.3, -0.25) is 4.79 Å². The van der Waals surface area contributed by atoms with Crippen LogP contribution in [0.25, 0.3) is 0 Å². The highest BCUT2D eigenvalue weighted by Gasteiger charge is 2.11. The largest absolute Gasteiger partial charge is 0.476 e. The number of hydrogen-bond donors (Lipinski definition) is 1. The zero-order chi connectivity index (χ0) is 9.14. The van der Waals surface area contributed by atoms with Crippen molar-refractivity contribution in [3.05, 3.63) is 17.5 Å². The van der Waals surface area contributed by atoms with Crippen LogP contribution in [0.2, 0.25) is 0 Å². The summed E-state index contributed by atoms with van der Waals surface area (Å²) in [7, 11) is 0. The van der Waals surface area contributed by atoms with Gasteiger partial charge < -0.3 is 9.63 Å². The Morgan fingerprint density at radius 3 is 2.75 bits per heavy atom. The third-order valence-electron chi connectivity index (χ3n) is 1.20. The molecule has 0 spiro atoms. The number of ketones is 1. The molecule has 0 bridgehead atoms. The lowest BCUT2D eigenvalue weighted by Crippen LogP contribution is -1.96. The van der Waals surface area contributed by atoms with Crippen LogP contribution >= 0.6 is 0 Å². The number of nitrogens with zero attached hydrogens (tertiary/aromatic N) is 1. The molecule has 1 aromatic rings. The molecule has 1 N–H and O–H groups in total. The molecule has 0 amide bonds. The van der Waals surface area contributed by atoms with Crippen molar-refractivity contribution in [1.29, 1.82) is 0 Å². The van der Waals surface area contributed by atoms with Crippen LogP contribution in [0.1, 0.15) is 23.2 Å². The number of rotatable bonds is 3. The summed E-state index contributed by atoms with van der Waals surface area (Å²) in [5.74, 6) is -0.975. The Balaban J connectivity index is 2.77. The minimum atomic E-state index is -1.16. The molecule has 0 saturated carbocycles. The van der Waals surface area contributed by atoms with E-state index in [-0.39, 0.29) is 23.7 Å². The fourth-order valence-electron chi connectivity index (χ4n) is 0.742. The lowest BCUT2D eigenvalue weighted by Gasteiger charge is -1.84. The van der Waals surface area contributed by atoms with Crippen molar-refractivity contribution in [3.63, 3.8) is 0 Å². The smallest absolute Gasteiger partial charge is 0.358 e. The monoisotopic (exact) mass is 169 g/mol. The average molecular weight is 169 g/mol. The van der Waals surface area contributed by atoms with Crippen LogP contribution in [-0.2, 0) is 11.2 Å². The fourth-order valence-corrected chi connectivity index (χ4v) is 0.742. The molecule has 64 valence electrons. The van der Waals surface area contributed by atoms with Crippen molar-refractivity contribution in [1.82, 2.24) is 5.16 Å². The summed E-state index contributed by atoms with van der Waals surface area (Å²) in [6.07, 6.45) is 0.0836. The number of hydrogen-bond acceptors (Lipinski definition) is 4. The summed E-state index contributed by atoms with van der Waals surface area (Å²) < 4.78 is 4.59. The Kier molecular flexibility index (Phi) is 2.23. The van der Waals surface area contributed by atoms with Crippen LogP contribution in [0.3, 0.4) is 0 Å². The first-order valence-electron chi connectivity index (χ1n) is 3.28. The maximum atomic E-state index is 10.6. The van der Waals surface area contributed by atoms with Gasteiger partial charge in [-0.05, 0) is 6.92 Å². The van der Waals surface area contributed by atoms with Gasteiger partial charge in [0.2, 0.25) is 0 Å². The van der Waals surface area contributed by atoms with E-state index in [4.69, 9.17) is 5.11 Å². The van der Waals surface area contributed by atoms with Crippen LogP contribution in [0, 0.1) is 0 Å².